The zero-order valence-electron chi connectivity index (χ0n) is 15.6. The van der Waals surface area contributed by atoms with Crippen LogP contribution < -0.4 is 9.47 Å². The van der Waals surface area contributed by atoms with E-state index >= 15 is 0 Å². The van der Waals surface area contributed by atoms with E-state index in [0.717, 1.165) is 17.5 Å². The number of aliphatic hydroxyl groups excluding tert-OH is 4. The molecule has 0 aromatic heterocycles. The topological polar surface area (TPSA) is 129 Å². The summed E-state index contributed by atoms with van der Waals surface area (Å²) in [6, 6.07) is 12.3. The summed E-state index contributed by atoms with van der Waals surface area (Å²) in [5.74, 6) is 1.42. The smallest absolute Gasteiger partial charge is 0.229 e. The predicted octanol–water partition coefficient (Wildman–Crippen LogP) is 0.290. The Hall–Kier alpha value is -2.36. The SMILES string of the molecule is OCC1O[C@H](Oc2ccc3c(c2)OC[C@@H](c2ccc(O)cc2)C3)C(O)C(O)[C@@H]1O. The van der Waals surface area contributed by atoms with Crippen molar-refractivity contribution >= 4 is 0 Å². The van der Waals surface area contributed by atoms with Gasteiger partial charge in [-0.05, 0) is 35.7 Å². The Labute approximate surface area is 167 Å². The molecule has 8 heteroatoms. The van der Waals surface area contributed by atoms with Gasteiger partial charge < -0.3 is 39.7 Å². The molecule has 2 aromatic carbocycles. The van der Waals surface area contributed by atoms with E-state index in [1.54, 1.807) is 24.3 Å². The van der Waals surface area contributed by atoms with Crippen LogP contribution in [0.15, 0.2) is 42.5 Å². The third-order valence-electron chi connectivity index (χ3n) is 5.41. The van der Waals surface area contributed by atoms with Crippen LogP contribution in [0, 0.1) is 0 Å². The van der Waals surface area contributed by atoms with Crippen LogP contribution in [0.4, 0.5) is 0 Å². The summed E-state index contributed by atoms with van der Waals surface area (Å²) in [4.78, 5) is 0. The molecule has 3 unspecified atom stereocenters. The van der Waals surface area contributed by atoms with Gasteiger partial charge in [0, 0.05) is 12.0 Å². The number of ether oxygens (including phenoxy) is 3. The first-order chi connectivity index (χ1) is 14.0. The summed E-state index contributed by atoms with van der Waals surface area (Å²) >= 11 is 0. The third kappa shape index (κ3) is 4.03. The van der Waals surface area contributed by atoms with E-state index < -0.39 is 37.3 Å². The van der Waals surface area contributed by atoms with Gasteiger partial charge in [-0.15, -0.1) is 0 Å². The van der Waals surface area contributed by atoms with Crippen LogP contribution in [-0.2, 0) is 11.2 Å². The molecular weight excluding hydrogens is 380 g/mol. The standard InChI is InChI=1S/C21H24O8/c22-9-17-18(24)19(25)20(26)21(29-17)28-15-6-3-12-7-13(10-27-16(12)8-15)11-1-4-14(23)5-2-11/h1-6,8,13,17-26H,7,9-10H2/t13-,17?,18+,19?,20?,21-/m0/s1. The second kappa shape index (κ2) is 8.17. The second-order valence-electron chi connectivity index (χ2n) is 7.39. The van der Waals surface area contributed by atoms with Crippen LogP contribution in [-0.4, -0.2) is 69.5 Å². The van der Waals surface area contributed by atoms with Crippen molar-refractivity contribution in [3.05, 3.63) is 53.6 Å². The number of hydrogen-bond acceptors (Lipinski definition) is 8. The van der Waals surface area contributed by atoms with E-state index in [1.165, 1.54) is 0 Å². The molecule has 0 aliphatic carbocycles. The van der Waals surface area contributed by atoms with Gasteiger partial charge in [-0.2, -0.15) is 0 Å². The molecule has 29 heavy (non-hydrogen) atoms. The number of aliphatic hydroxyl groups is 4. The van der Waals surface area contributed by atoms with Crippen molar-refractivity contribution in [1.82, 2.24) is 0 Å². The van der Waals surface area contributed by atoms with E-state index in [1.807, 2.05) is 18.2 Å². The van der Waals surface area contributed by atoms with Crippen molar-refractivity contribution < 1.29 is 39.7 Å². The van der Waals surface area contributed by atoms with Crippen molar-refractivity contribution in [2.45, 2.75) is 43.0 Å². The predicted molar refractivity (Wildman–Crippen MR) is 101 cm³/mol. The van der Waals surface area contributed by atoms with Crippen LogP contribution >= 0.6 is 0 Å². The van der Waals surface area contributed by atoms with Crippen LogP contribution in [0.2, 0.25) is 0 Å². The van der Waals surface area contributed by atoms with E-state index in [4.69, 9.17) is 14.2 Å². The molecule has 1 fully saturated rings. The molecule has 0 radical (unpaired) electrons. The summed E-state index contributed by atoms with van der Waals surface area (Å²) in [6.45, 7) is -0.0436. The molecule has 0 saturated carbocycles. The van der Waals surface area contributed by atoms with Gasteiger partial charge in [0.15, 0.2) is 0 Å². The quantitative estimate of drug-likeness (QED) is 0.492. The fourth-order valence-electron chi connectivity index (χ4n) is 3.69. The average molecular weight is 404 g/mol. The first-order valence-electron chi connectivity index (χ1n) is 9.48. The van der Waals surface area contributed by atoms with Crippen LogP contribution in [0.1, 0.15) is 17.0 Å². The van der Waals surface area contributed by atoms with Crippen LogP contribution in [0.25, 0.3) is 0 Å². The Morgan fingerprint density at radius 1 is 0.966 bits per heavy atom. The fourth-order valence-corrected chi connectivity index (χ4v) is 3.69. The van der Waals surface area contributed by atoms with E-state index in [9.17, 15) is 25.5 Å². The van der Waals surface area contributed by atoms with Crippen molar-refractivity contribution in [3.63, 3.8) is 0 Å². The minimum atomic E-state index is -1.49. The van der Waals surface area contributed by atoms with Crippen LogP contribution in [0.3, 0.4) is 0 Å². The molecule has 0 spiro atoms. The molecule has 0 amide bonds. The summed E-state index contributed by atoms with van der Waals surface area (Å²) in [7, 11) is 0. The lowest BCUT2D eigenvalue weighted by Gasteiger charge is -2.39. The summed E-state index contributed by atoms with van der Waals surface area (Å²) in [6.07, 6.45) is -5.90. The molecule has 5 N–H and O–H groups in total. The Morgan fingerprint density at radius 2 is 1.72 bits per heavy atom. The average Bonchev–Trinajstić information content (AvgIpc) is 2.74. The van der Waals surface area contributed by atoms with E-state index in [-0.39, 0.29) is 11.7 Å². The molecular formula is C21H24O8. The zero-order chi connectivity index (χ0) is 20.5. The number of hydrogen-bond donors (Lipinski definition) is 5. The maximum absolute atomic E-state index is 10.1. The Balaban J connectivity index is 1.46. The molecule has 2 heterocycles. The van der Waals surface area contributed by atoms with Gasteiger partial charge in [-0.3, -0.25) is 0 Å². The van der Waals surface area contributed by atoms with Gasteiger partial charge in [0.05, 0.1) is 13.2 Å². The van der Waals surface area contributed by atoms with Crippen molar-refractivity contribution in [1.29, 1.82) is 0 Å². The lowest BCUT2D eigenvalue weighted by Crippen LogP contribution is -2.60. The number of benzene rings is 2. The Bertz CT molecular complexity index is 837. The largest absolute Gasteiger partial charge is 0.508 e. The first kappa shape index (κ1) is 19.9. The number of rotatable bonds is 4. The summed E-state index contributed by atoms with van der Waals surface area (Å²) < 4.78 is 16.9. The monoisotopic (exact) mass is 404 g/mol. The normalized spacial score (nSPS) is 31.6. The Kier molecular flexibility index (Phi) is 5.62. The molecule has 2 aromatic rings. The van der Waals surface area contributed by atoms with Crippen molar-refractivity contribution in [2.24, 2.45) is 0 Å². The highest BCUT2D eigenvalue weighted by Crippen LogP contribution is 2.36. The Morgan fingerprint density at radius 3 is 2.45 bits per heavy atom. The molecule has 1 saturated heterocycles. The summed E-state index contributed by atoms with van der Waals surface area (Å²) in [5, 5.41) is 48.6. The number of phenolic OH excluding ortho intramolecular Hbond substituents is 1. The molecule has 156 valence electrons. The molecule has 2 aliphatic rings. The number of phenols is 1. The van der Waals surface area contributed by atoms with Gasteiger partial charge in [-0.25, -0.2) is 0 Å². The maximum Gasteiger partial charge on any atom is 0.229 e. The first-order valence-corrected chi connectivity index (χ1v) is 9.48. The minimum Gasteiger partial charge on any atom is -0.508 e. The van der Waals surface area contributed by atoms with Crippen molar-refractivity contribution in [3.8, 4) is 17.2 Å². The van der Waals surface area contributed by atoms with Gasteiger partial charge in [0.25, 0.3) is 0 Å². The highest BCUT2D eigenvalue weighted by atomic mass is 16.7. The summed E-state index contributed by atoms with van der Waals surface area (Å²) in [5.41, 5.74) is 2.07. The molecule has 2 aliphatic heterocycles. The minimum absolute atomic E-state index is 0.167. The highest BCUT2D eigenvalue weighted by molar-refractivity contribution is 5.44. The van der Waals surface area contributed by atoms with E-state index in [0.29, 0.717) is 18.1 Å². The molecule has 6 atom stereocenters. The number of aromatic hydroxyl groups is 1. The molecule has 0 bridgehead atoms. The van der Waals surface area contributed by atoms with Crippen molar-refractivity contribution in [2.75, 3.05) is 13.2 Å². The third-order valence-corrected chi connectivity index (χ3v) is 5.41. The number of fused-ring (bicyclic) bond motifs is 1. The maximum atomic E-state index is 10.1. The lowest BCUT2D eigenvalue weighted by atomic mass is 9.90. The van der Waals surface area contributed by atoms with Gasteiger partial charge in [0.1, 0.15) is 41.7 Å². The highest BCUT2D eigenvalue weighted by Gasteiger charge is 2.44. The second-order valence-corrected chi connectivity index (χ2v) is 7.39. The molecule has 8 nitrogen and oxygen atoms in total. The lowest BCUT2D eigenvalue weighted by molar-refractivity contribution is -0.277. The molecule has 4 rings (SSSR count). The van der Waals surface area contributed by atoms with Gasteiger partial charge in [-0.1, -0.05) is 18.2 Å². The van der Waals surface area contributed by atoms with Gasteiger partial charge >= 0.3 is 0 Å². The zero-order valence-corrected chi connectivity index (χ0v) is 15.6. The van der Waals surface area contributed by atoms with Crippen LogP contribution in [0.5, 0.6) is 17.2 Å². The van der Waals surface area contributed by atoms with E-state index in [2.05, 4.69) is 0 Å². The fraction of sp³-hybridized carbons (Fsp3) is 0.429. The van der Waals surface area contributed by atoms with Gasteiger partial charge in [0.2, 0.25) is 6.29 Å².